The summed E-state index contributed by atoms with van der Waals surface area (Å²) in [5, 5.41) is 14.6. The number of nitrogens with zero attached hydrogens (tertiary/aromatic N) is 4. The fourth-order valence-corrected chi connectivity index (χ4v) is 4.50. The number of halogens is 2. The molecule has 1 saturated heterocycles. The predicted molar refractivity (Wildman–Crippen MR) is 122 cm³/mol. The molecule has 0 saturated carbocycles. The van der Waals surface area contributed by atoms with Gasteiger partial charge in [-0.15, -0.1) is 0 Å². The van der Waals surface area contributed by atoms with Gasteiger partial charge in [0.1, 0.15) is 10.1 Å². The Labute approximate surface area is 191 Å². The summed E-state index contributed by atoms with van der Waals surface area (Å²) in [4.78, 5) is 30.2. The van der Waals surface area contributed by atoms with Gasteiger partial charge >= 0.3 is 11.8 Å². The number of carbonyl (C=O) groups is 1. The molecule has 1 aliphatic rings. The number of anilines is 1. The highest BCUT2D eigenvalue weighted by atomic mass is 79.9. The number of carbonyl (C=O) groups excluding carboxylic acids is 1. The average molecular weight is 547 g/mol. The number of ether oxygens (including phenoxy) is 1. The summed E-state index contributed by atoms with van der Waals surface area (Å²) in [5.41, 5.74) is 0.410. The number of piperidine rings is 1. The molecule has 1 fully saturated rings. The first-order chi connectivity index (χ1) is 14.0. The van der Waals surface area contributed by atoms with E-state index < -0.39 is 16.6 Å². The summed E-state index contributed by atoms with van der Waals surface area (Å²) >= 11 is 6.70. The summed E-state index contributed by atoms with van der Waals surface area (Å²) in [5.74, 6) is 0.663. The lowest BCUT2D eigenvalue weighted by Crippen LogP contribution is -2.49. The number of nitro benzene ring substituents is 1. The van der Waals surface area contributed by atoms with Gasteiger partial charge in [0, 0.05) is 30.1 Å². The normalized spacial score (nSPS) is 17.3. The Morgan fingerprint density at radius 1 is 1.43 bits per heavy atom. The van der Waals surface area contributed by atoms with Crippen LogP contribution in [0, 0.1) is 10.1 Å². The number of hydrogen-bond donors (Lipinski definition) is 1. The molecule has 30 heavy (non-hydrogen) atoms. The Morgan fingerprint density at radius 2 is 2.13 bits per heavy atom. The van der Waals surface area contributed by atoms with Crippen molar-refractivity contribution in [3.63, 3.8) is 0 Å². The zero-order valence-corrected chi connectivity index (χ0v) is 20.5. The topological polar surface area (TPSA) is 103 Å². The van der Waals surface area contributed by atoms with Gasteiger partial charge in [0.2, 0.25) is 5.95 Å². The number of alkyl carbamates (subject to hydrolysis) is 1. The Balaban J connectivity index is 1.93. The van der Waals surface area contributed by atoms with Crippen LogP contribution in [-0.4, -0.2) is 45.3 Å². The van der Waals surface area contributed by atoms with Gasteiger partial charge in [-0.1, -0.05) is 0 Å². The maximum absolute atomic E-state index is 12.2. The standard InChI is InChI=1S/C19H25Br2N5O4/c1-5-25-13-9-12(20)14(21)16(26(28)29)15(13)23-17(25)24-8-6-7-11(10-24)22-18(27)30-19(2,3)4/h9,11H,5-8,10H2,1-4H3,(H,22,27). The first-order valence-corrected chi connectivity index (χ1v) is 11.4. The molecule has 2 aromatic rings. The summed E-state index contributed by atoms with van der Waals surface area (Å²) in [6.07, 6.45) is 1.25. The van der Waals surface area contributed by atoms with Crippen LogP contribution in [-0.2, 0) is 11.3 Å². The Kier molecular flexibility index (Phi) is 6.61. The fourth-order valence-electron chi connectivity index (χ4n) is 3.64. The van der Waals surface area contributed by atoms with E-state index in [0.717, 1.165) is 19.4 Å². The van der Waals surface area contributed by atoms with Gasteiger partial charge in [-0.05, 0) is 78.5 Å². The van der Waals surface area contributed by atoms with Crippen LogP contribution in [0.15, 0.2) is 15.0 Å². The van der Waals surface area contributed by atoms with Gasteiger partial charge in [-0.3, -0.25) is 10.1 Å². The second kappa shape index (κ2) is 8.70. The first kappa shape index (κ1) is 22.8. The van der Waals surface area contributed by atoms with Crippen molar-refractivity contribution in [1.82, 2.24) is 14.9 Å². The number of amides is 1. The number of rotatable bonds is 4. The molecule has 2 heterocycles. The summed E-state index contributed by atoms with van der Waals surface area (Å²) in [6, 6.07) is 1.75. The number of nitro groups is 1. The number of aromatic nitrogens is 2. The van der Waals surface area contributed by atoms with E-state index in [1.807, 2.05) is 38.3 Å². The molecule has 11 heteroatoms. The zero-order valence-electron chi connectivity index (χ0n) is 17.4. The summed E-state index contributed by atoms with van der Waals surface area (Å²) in [6.45, 7) is 9.38. The van der Waals surface area contributed by atoms with E-state index in [2.05, 4.69) is 47.1 Å². The molecular formula is C19H25Br2N5O4. The minimum atomic E-state index is -0.561. The van der Waals surface area contributed by atoms with Crippen LogP contribution < -0.4 is 10.2 Å². The van der Waals surface area contributed by atoms with Gasteiger partial charge in [0.05, 0.1) is 10.4 Å². The third-order valence-electron chi connectivity index (χ3n) is 4.82. The van der Waals surface area contributed by atoms with Gasteiger partial charge in [0.15, 0.2) is 5.52 Å². The van der Waals surface area contributed by atoms with Crippen molar-refractivity contribution in [2.24, 2.45) is 0 Å². The van der Waals surface area contributed by atoms with E-state index in [-0.39, 0.29) is 11.7 Å². The monoisotopic (exact) mass is 545 g/mol. The molecule has 164 valence electrons. The van der Waals surface area contributed by atoms with Crippen molar-refractivity contribution in [2.45, 2.75) is 58.7 Å². The molecule has 1 N–H and O–H groups in total. The van der Waals surface area contributed by atoms with Crippen molar-refractivity contribution < 1.29 is 14.5 Å². The van der Waals surface area contributed by atoms with Crippen LogP contribution in [0.25, 0.3) is 11.0 Å². The van der Waals surface area contributed by atoms with Gasteiger partial charge in [0.25, 0.3) is 0 Å². The van der Waals surface area contributed by atoms with Crippen molar-refractivity contribution in [2.75, 3.05) is 18.0 Å². The van der Waals surface area contributed by atoms with Crippen LogP contribution in [0.2, 0.25) is 0 Å². The lowest BCUT2D eigenvalue weighted by molar-refractivity contribution is -0.384. The highest BCUT2D eigenvalue weighted by molar-refractivity contribution is 9.13. The van der Waals surface area contributed by atoms with E-state index in [1.54, 1.807) is 0 Å². The van der Waals surface area contributed by atoms with Crippen molar-refractivity contribution in [3.05, 3.63) is 25.1 Å². The number of nitrogens with one attached hydrogen (secondary N) is 1. The number of aryl methyl sites for hydroxylation is 1. The molecule has 0 bridgehead atoms. The molecule has 1 atom stereocenters. The first-order valence-electron chi connectivity index (χ1n) is 9.79. The van der Waals surface area contributed by atoms with Gasteiger partial charge in [-0.25, -0.2) is 9.78 Å². The molecule has 0 spiro atoms. The maximum atomic E-state index is 12.2. The lowest BCUT2D eigenvalue weighted by atomic mass is 10.1. The third-order valence-corrected chi connectivity index (χ3v) is 6.78. The summed E-state index contributed by atoms with van der Waals surface area (Å²) in [7, 11) is 0. The zero-order chi connectivity index (χ0) is 22.2. The number of fused-ring (bicyclic) bond motifs is 1. The van der Waals surface area contributed by atoms with Crippen molar-refractivity contribution in [3.8, 4) is 0 Å². The molecule has 3 rings (SSSR count). The Bertz CT molecular complexity index is 986. The lowest BCUT2D eigenvalue weighted by Gasteiger charge is -2.34. The second-order valence-corrected chi connectivity index (χ2v) is 9.88. The number of benzene rings is 1. The Morgan fingerprint density at radius 3 is 2.73 bits per heavy atom. The highest BCUT2D eigenvalue weighted by Gasteiger charge is 2.30. The molecule has 1 unspecified atom stereocenters. The molecule has 1 aliphatic heterocycles. The van der Waals surface area contributed by atoms with Crippen LogP contribution in [0.4, 0.5) is 16.4 Å². The van der Waals surface area contributed by atoms with Crippen molar-refractivity contribution in [1.29, 1.82) is 0 Å². The van der Waals surface area contributed by atoms with E-state index in [9.17, 15) is 14.9 Å². The van der Waals surface area contributed by atoms with E-state index in [1.165, 1.54) is 0 Å². The predicted octanol–water partition coefficient (Wildman–Crippen LogP) is 4.98. The minimum absolute atomic E-state index is 0.0618. The number of hydrogen-bond acceptors (Lipinski definition) is 6. The largest absolute Gasteiger partial charge is 0.444 e. The van der Waals surface area contributed by atoms with Crippen LogP contribution in [0.1, 0.15) is 40.5 Å². The van der Waals surface area contributed by atoms with E-state index in [4.69, 9.17) is 4.74 Å². The van der Waals surface area contributed by atoms with E-state index >= 15 is 0 Å². The second-order valence-electron chi connectivity index (χ2n) is 8.23. The molecule has 0 aliphatic carbocycles. The third kappa shape index (κ3) is 4.72. The molecule has 1 amide bonds. The molecular weight excluding hydrogens is 522 g/mol. The molecule has 9 nitrogen and oxygen atoms in total. The SMILES string of the molecule is CCn1c(N2CCCC(NC(=O)OC(C)(C)C)C2)nc2c([N+](=O)[O-])c(Br)c(Br)cc21. The fraction of sp³-hybridized carbons (Fsp3) is 0.579. The van der Waals surface area contributed by atoms with Gasteiger partial charge < -0.3 is 19.5 Å². The quantitative estimate of drug-likeness (QED) is 0.428. The molecule has 1 aromatic heterocycles. The van der Waals surface area contributed by atoms with Crippen LogP contribution >= 0.6 is 31.9 Å². The molecule has 0 radical (unpaired) electrons. The minimum Gasteiger partial charge on any atom is -0.444 e. The van der Waals surface area contributed by atoms with Gasteiger partial charge in [-0.2, -0.15) is 0 Å². The molecule has 1 aromatic carbocycles. The van der Waals surface area contributed by atoms with Crippen LogP contribution in [0.3, 0.4) is 0 Å². The van der Waals surface area contributed by atoms with E-state index in [0.29, 0.717) is 39.0 Å². The number of imidazole rings is 1. The smallest absolute Gasteiger partial charge is 0.407 e. The van der Waals surface area contributed by atoms with Crippen LogP contribution in [0.5, 0.6) is 0 Å². The Hall–Kier alpha value is -1.88. The maximum Gasteiger partial charge on any atom is 0.407 e. The van der Waals surface area contributed by atoms with Crippen molar-refractivity contribution >= 4 is 60.6 Å². The average Bonchev–Trinajstić information content (AvgIpc) is 2.98. The highest BCUT2D eigenvalue weighted by Crippen LogP contribution is 2.40. The summed E-state index contributed by atoms with van der Waals surface area (Å²) < 4.78 is 8.31.